The molecule has 1 aromatic rings. The molecule has 1 rings (SSSR count). The van der Waals surface area contributed by atoms with E-state index >= 15 is 0 Å². The molecule has 1 unspecified atom stereocenters. The molecule has 0 aromatic carbocycles. The highest BCUT2D eigenvalue weighted by Gasteiger charge is 2.04. The molecule has 0 aliphatic carbocycles. The van der Waals surface area contributed by atoms with Crippen molar-refractivity contribution in [3.05, 3.63) is 16.1 Å². The van der Waals surface area contributed by atoms with Crippen molar-refractivity contribution >= 4 is 11.3 Å². The first-order valence-electron chi connectivity index (χ1n) is 6.26. The summed E-state index contributed by atoms with van der Waals surface area (Å²) in [5.41, 5.74) is 0. The van der Waals surface area contributed by atoms with Crippen LogP contribution in [0.15, 0.2) is 6.20 Å². The van der Waals surface area contributed by atoms with E-state index in [0.717, 1.165) is 25.4 Å². The normalized spacial score (nSPS) is 13.3. The Morgan fingerprint density at radius 3 is 2.75 bits per heavy atom. The van der Waals surface area contributed by atoms with Crippen LogP contribution in [-0.2, 0) is 13.0 Å². The van der Waals surface area contributed by atoms with Crippen molar-refractivity contribution in [3.63, 3.8) is 0 Å². The number of nitrogens with zero attached hydrogens (tertiary/aromatic N) is 1. The molecule has 0 amide bonds. The number of nitrogens with one attached hydrogen (secondary N) is 1. The minimum Gasteiger partial charge on any atom is -0.312 e. The smallest absolute Gasteiger partial charge is 0.0930 e. The summed E-state index contributed by atoms with van der Waals surface area (Å²) in [4.78, 5) is 5.81. The van der Waals surface area contributed by atoms with E-state index in [2.05, 4.69) is 38.0 Å². The van der Waals surface area contributed by atoms with Crippen LogP contribution in [0.1, 0.15) is 44.0 Å². The summed E-state index contributed by atoms with van der Waals surface area (Å²) in [6, 6.07) is 0. The van der Waals surface area contributed by atoms with Gasteiger partial charge in [0.15, 0.2) is 0 Å². The summed E-state index contributed by atoms with van der Waals surface area (Å²) < 4.78 is 0. The van der Waals surface area contributed by atoms with Crippen molar-refractivity contribution in [2.24, 2.45) is 11.8 Å². The van der Waals surface area contributed by atoms with Crippen LogP contribution in [0.3, 0.4) is 0 Å². The van der Waals surface area contributed by atoms with Crippen LogP contribution < -0.4 is 5.32 Å². The van der Waals surface area contributed by atoms with Gasteiger partial charge in [0.05, 0.1) is 5.01 Å². The van der Waals surface area contributed by atoms with E-state index < -0.39 is 0 Å². The fourth-order valence-electron chi connectivity index (χ4n) is 1.46. The standard InChI is InChI=1S/C13H24N2S/c1-5-11(4)7-14-8-12-9-15-13(16-12)6-10(2)3/h9-11,14H,5-8H2,1-4H3. The zero-order valence-electron chi connectivity index (χ0n) is 10.9. The lowest BCUT2D eigenvalue weighted by Gasteiger charge is -2.08. The van der Waals surface area contributed by atoms with Gasteiger partial charge in [-0.1, -0.05) is 34.1 Å². The maximum atomic E-state index is 4.45. The first kappa shape index (κ1) is 13.7. The molecule has 0 bridgehead atoms. The highest BCUT2D eigenvalue weighted by Crippen LogP contribution is 2.16. The first-order valence-corrected chi connectivity index (χ1v) is 7.07. The lowest BCUT2D eigenvalue weighted by atomic mass is 10.1. The second kappa shape index (κ2) is 7.02. The number of rotatable bonds is 7. The molecule has 16 heavy (non-hydrogen) atoms. The largest absolute Gasteiger partial charge is 0.312 e. The molecule has 1 atom stereocenters. The first-order chi connectivity index (χ1) is 7.61. The summed E-state index contributed by atoms with van der Waals surface area (Å²) in [6.07, 6.45) is 4.37. The molecule has 0 aliphatic rings. The van der Waals surface area contributed by atoms with E-state index in [-0.39, 0.29) is 0 Å². The summed E-state index contributed by atoms with van der Waals surface area (Å²) >= 11 is 1.85. The van der Waals surface area contributed by atoms with Gasteiger partial charge in [0, 0.05) is 24.0 Å². The van der Waals surface area contributed by atoms with Gasteiger partial charge in [-0.05, 0) is 18.4 Å². The predicted molar refractivity (Wildman–Crippen MR) is 71.8 cm³/mol. The second-order valence-corrected chi connectivity index (χ2v) is 6.16. The van der Waals surface area contributed by atoms with Gasteiger partial charge in [-0.3, -0.25) is 0 Å². The molecule has 1 heterocycles. The van der Waals surface area contributed by atoms with E-state index in [0.29, 0.717) is 5.92 Å². The Kier molecular flexibility index (Phi) is 5.99. The van der Waals surface area contributed by atoms with Gasteiger partial charge in [0.1, 0.15) is 0 Å². The number of hydrogen-bond acceptors (Lipinski definition) is 3. The monoisotopic (exact) mass is 240 g/mol. The Hall–Kier alpha value is -0.410. The van der Waals surface area contributed by atoms with Gasteiger partial charge in [-0.15, -0.1) is 11.3 Å². The molecule has 0 aliphatic heterocycles. The molecule has 0 spiro atoms. The molecule has 1 aromatic heterocycles. The molecule has 0 saturated heterocycles. The minimum atomic E-state index is 0.701. The van der Waals surface area contributed by atoms with Gasteiger partial charge in [-0.25, -0.2) is 4.98 Å². The Bertz CT molecular complexity index is 294. The molecule has 92 valence electrons. The number of hydrogen-bond donors (Lipinski definition) is 1. The predicted octanol–water partition coefficient (Wildman–Crippen LogP) is 3.48. The average Bonchev–Trinajstić information content (AvgIpc) is 2.64. The Balaban J connectivity index is 2.29. The lowest BCUT2D eigenvalue weighted by molar-refractivity contribution is 0.501. The van der Waals surface area contributed by atoms with Gasteiger partial charge < -0.3 is 5.32 Å². The van der Waals surface area contributed by atoms with Crippen molar-refractivity contribution in [1.29, 1.82) is 0 Å². The molecule has 2 nitrogen and oxygen atoms in total. The summed E-state index contributed by atoms with van der Waals surface area (Å²) in [6.45, 7) is 11.1. The van der Waals surface area contributed by atoms with Crippen LogP contribution in [0.25, 0.3) is 0 Å². The second-order valence-electron chi connectivity index (χ2n) is 4.96. The van der Waals surface area contributed by atoms with Crippen molar-refractivity contribution in [3.8, 4) is 0 Å². The van der Waals surface area contributed by atoms with Crippen molar-refractivity contribution in [2.45, 2.75) is 47.1 Å². The molecular formula is C13H24N2S. The van der Waals surface area contributed by atoms with Crippen LogP contribution in [-0.4, -0.2) is 11.5 Å². The zero-order valence-corrected chi connectivity index (χ0v) is 11.7. The van der Waals surface area contributed by atoms with Gasteiger partial charge in [0.25, 0.3) is 0 Å². The van der Waals surface area contributed by atoms with E-state index in [1.54, 1.807) is 0 Å². The molecule has 1 N–H and O–H groups in total. The maximum Gasteiger partial charge on any atom is 0.0930 e. The minimum absolute atomic E-state index is 0.701. The van der Waals surface area contributed by atoms with Crippen LogP contribution in [0, 0.1) is 11.8 Å². The zero-order chi connectivity index (χ0) is 12.0. The van der Waals surface area contributed by atoms with Crippen LogP contribution in [0.2, 0.25) is 0 Å². The van der Waals surface area contributed by atoms with Crippen molar-refractivity contribution in [1.82, 2.24) is 10.3 Å². The Morgan fingerprint density at radius 1 is 1.38 bits per heavy atom. The van der Waals surface area contributed by atoms with E-state index in [1.807, 2.05) is 17.5 Å². The number of aromatic nitrogens is 1. The van der Waals surface area contributed by atoms with Gasteiger partial charge in [-0.2, -0.15) is 0 Å². The fourth-order valence-corrected chi connectivity index (χ4v) is 2.56. The molecule has 0 radical (unpaired) electrons. The number of thiazole rings is 1. The summed E-state index contributed by atoms with van der Waals surface area (Å²) in [7, 11) is 0. The highest BCUT2D eigenvalue weighted by atomic mass is 32.1. The highest BCUT2D eigenvalue weighted by molar-refractivity contribution is 7.11. The Labute approximate surface area is 103 Å². The van der Waals surface area contributed by atoms with E-state index in [4.69, 9.17) is 0 Å². The molecule has 0 fully saturated rings. The van der Waals surface area contributed by atoms with Crippen molar-refractivity contribution < 1.29 is 0 Å². The average molecular weight is 240 g/mol. The topological polar surface area (TPSA) is 24.9 Å². The van der Waals surface area contributed by atoms with Crippen LogP contribution in [0.5, 0.6) is 0 Å². The van der Waals surface area contributed by atoms with E-state index in [1.165, 1.54) is 16.3 Å². The maximum absolute atomic E-state index is 4.45. The molecule has 3 heteroatoms. The lowest BCUT2D eigenvalue weighted by Crippen LogP contribution is -2.19. The SMILES string of the molecule is CCC(C)CNCc1cnc(CC(C)C)s1. The van der Waals surface area contributed by atoms with Gasteiger partial charge in [0.2, 0.25) is 0 Å². The van der Waals surface area contributed by atoms with E-state index in [9.17, 15) is 0 Å². The summed E-state index contributed by atoms with van der Waals surface area (Å²) in [5, 5.41) is 4.76. The summed E-state index contributed by atoms with van der Waals surface area (Å²) in [5.74, 6) is 1.47. The third-order valence-electron chi connectivity index (χ3n) is 2.67. The van der Waals surface area contributed by atoms with Crippen LogP contribution >= 0.6 is 11.3 Å². The van der Waals surface area contributed by atoms with Crippen LogP contribution in [0.4, 0.5) is 0 Å². The van der Waals surface area contributed by atoms with Gasteiger partial charge >= 0.3 is 0 Å². The quantitative estimate of drug-likeness (QED) is 0.789. The van der Waals surface area contributed by atoms with Crippen molar-refractivity contribution in [2.75, 3.05) is 6.54 Å². The Morgan fingerprint density at radius 2 is 2.12 bits per heavy atom. The third-order valence-corrected chi connectivity index (χ3v) is 3.69. The fraction of sp³-hybridized carbons (Fsp3) is 0.769. The molecule has 0 saturated carbocycles. The third kappa shape index (κ3) is 5.08. The molecular weight excluding hydrogens is 216 g/mol.